The van der Waals surface area contributed by atoms with Crippen molar-refractivity contribution in [1.29, 1.82) is 0 Å². The van der Waals surface area contributed by atoms with E-state index in [9.17, 15) is 13.2 Å². The van der Waals surface area contributed by atoms with Gasteiger partial charge in [0.15, 0.2) is 6.61 Å². The average molecular weight is 451 g/mol. The summed E-state index contributed by atoms with van der Waals surface area (Å²) in [5, 5.41) is 0. The maximum absolute atomic E-state index is 12.9. The SMILES string of the molecule is Cc1ccc(S(=O)(=O)N(C)c2ccc(OCC(=O)N3c4ccccc4CC3C)cc2)cc1. The van der Waals surface area contributed by atoms with E-state index in [0.29, 0.717) is 11.4 Å². The number of para-hydroxylation sites is 1. The highest BCUT2D eigenvalue weighted by atomic mass is 32.2. The van der Waals surface area contributed by atoms with Crippen molar-refractivity contribution in [1.82, 2.24) is 0 Å². The lowest BCUT2D eigenvalue weighted by Gasteiger charge is -2.23. The normalized spacial score (nSPS) is 15.3. The van der Waals surface area contributed by atoms with Gasteiger partial charge in [0.1, 0.15) is 5.75 Å². The molecule has 0 saturated heterocycles. The van der Waals surface area contributed by atoms with Crippen molar-refractivity contribution in [2.45, 2.75) is 31.2 Å². The van der Waals surface area contributed by atoms with Crippen LogP contribution in [-0.4, -0.2) is 34.0 Å². The Morgan fingerprint density at radius 2 is 1.69 bits per heavy atom. The minimum absolute atomic E-state index is 0.0878. The van der Waals surface area contributed by atoms with Crippen LogP contribution < -0.4 is 13.9 Å². The topological polar surface area (TPSA) is 66.9 Å². The first-order chi connectivity index (χ1) is 15.3. The van der Waals surface area contributed by atoms with Crippen molar-refractivity contribution < 1.29 is 17.9 Å². The standard InChI is InChI=1S/C25H26N2O4S/c1-18-8-14-23(15-9-18)32(29,30)26(3)21-10-12-22(13-11-21)31-17-25(28)27-19(2)16-20-6-4-5-7-24(20)27/h4-15,19H,16-17H2,1-3H3. The number of hydrogen-bond donors (Lipinski definition) is 0. The third-order valence-electron chi connectivity index (χ3n) is 5.72. The molecule has 0 N–H and O–H groups in total. The van der Waals surface area contributed by atoms with E-state index < -0.39 is 10.0 Å². The van der Waals surface area contributed by atoms with E-state index in [0.717, 1.165) is 23.2 Å². The number of amides is 1. The minimum atomic E-state index is -3.66. The summed E-state index contributed by atoms with van der Waals surface area (Å²) in [5.41, 5.74) is 3.60. The van der Waals surface area contributed by atoms with Gasteiger partial charge in [-0.25, -0.2) is 8.42 Å². The molecule has 0 radical (unpaired) electrons. The van der Waals surface area contributed by atoms with Crippen LogP contribution in [0.4, 0.5) is 11.4 Å². The van der Waals surface area contributed by atoms with E-state index >= 15 is 0 Å². The lowest BCUT2D eigenvalue weighted by atomic mass is 10.1. The Labute approximate surface area is 189 Å². The lowest BCUT2D eigenvalue weighted by Crippen LogP contribution is -2.39. The summed E-state index contributed by atoms with van der Waals surface area (Å²) in [5.74, 6) is 0.397. The fraction of sp³-hybridized carbons (Fsp3) is 0.240. The van der Waals surface area contributed by atoms with Crippen LogP contribution in [0.15, 0.2) is 77.7 Å². The highest BCUT2D eigenvalue weighted by molar-refractivity contribution is 7.92. The summed E-state index contributed by atoms with van der Waals surface area (Å²) in [6.07, 6.45) is 0.832. The quantitative estimate of drug-likeness (QED) is 0.565. The van der Waals surface area contributed by atoms with Crippen LogP contribution in [0.2, 0.25) is 0 Å². The second-order valence-electron chi connectivity index (χ2n) is 8.01. The first-order valence-corrected chi connectivity index (χ1v) is 11.9. The van der Waals surface area contributed by atoms with E-state index in [4.69, 9.17) is 4.74 Å². The van der Waals surface area contributed by atoms with Gasteiger partial charge in [-0.2, -0.15) is 0 Å². The lowest BCUT2D eigenvalue weighted by molar-refractivity contribution is -0.120. The first-order valence-electron chi connectivity index (χ1n) is 10.5. The molecule has 1 aliphatic rings. The van der Waals surface area contributed by atoms with Gasteiger partial charge in [0.2, 0.25) is 0 Å². The third-order valence-corrected chi connectivity index (χ3v) is 7.52. The number of rotatable bonds is 6. The zero-order valence-corrected chi connectivity index (χ0v) is 19.2. The average Bonchev–Trinajstić information content (AvgIpc) is 3.13. The number of fused-ring (bicyclic) bond motifs is 1. The largest absolute Gasteiger partial charge is 0.484 e. The van der Waals surface area contributed by atoms with Crippen molar-refractivity contribution in [3.05, 3.63) is 83.9 Å². The molecule has 3 aromatic rings. The van der Waals surface area contributed by atoms with Crippen LogP contribution in [-0.2, 0) is 21.2 Å². The van der Waals surface area contributed by atoms with Gasteiger partial charge in [-0.05, 0) is 68.3 Å². The maximum Gasteiger partial charge on any atom is 0.265 e. The van der Waals surface area contributed by atoms with Gasteiger partial charge in [-0.1, -0.05) is 35.9 Å². The number of hydrogen-bond acceptors (Lipinski definition) is 4. The zero-order chi connectivity index (χ0) is 22.9. The van der Waals surface area contributed by atoms with Crippen LogP contribution in [0.25, 0.3) is 0 Å². The van der Waals surface area contributed by atoms with Crippen molar-refractivity contribution in [3.63, 3.8) is 0 Å². The summed E-state index contributed by atoms with van der Waals surface area (Å²) in [6.45, 7) is 3.85. The number of nitrogens with zero attached hydrogens (tertiary/aromatic N) is 2. The monoisotopic (exact) mass is 450 g/mol. The molecule has 1 unspecified atom stereocenters. The van der Waals surface area contributed by atoms with Gasteiger partial charge in [0.25, 0.3) is 15.9 Å². The highest BCUT2D eigenvalue weighted by Crippen LogP contribution is 2.32. The van der Waals surface area contributed by atoms with Gasteiger partial charge in [0, 0.05) is 18.8 Å². The number of benzene rings is 3. The summed E-state index contributed by atoms with van der Waals surface area (Å²) in [7, 11) is -2.15. The van der Waals surface area contributed by atoms with Gasteiger partial charge < -0.3 is 9.64 Å². The predicted octanol–water partition coefficient (Wildman–Crippen LogP) is 4.18. The highest BCUT2D eigenvalue weighted by Gasteiger charge is 2.30. The molecule has 1 amide bonds. The molecule has 0 aromatic heterocycles. The Balaban J connectivity index is 1.42. The van der Waals surface area contributed by atoms with Crippen LogP contribution in [0, 0.1) is 6.92 Å². The Kier molecular flexibility index (Phi) is 5.93. The molecule has 0 fully saturated rings. The van der Waals surface area contributed by atoms with Crippen molar-refractivity contribution in [2.75, 3.05) is 22.9 Å². The molecule has 3 aromatic carbocycles. The molecule has 0 aliphatic carbocycles. The van der Waals surface area contributed by atoms with Gasteiger partial charge in [0.05, 0.1) is 10.6 Å². The zero-order valence-electron chi connectivity index (χ0n) is 18.4. The third kappa shape index (κ3) is 4.21. The van der Waals surface area contributed by atoms with Crippen LogP contribution in [0.3, 0.4) is 0 Å². The van der Waals surface area contributed by atoms with Crippen molar-refractivity contribution >= 4 is 27.3 Å². The molecule has 1 atom stereocenters. The predicted molar refractivity (Wildman–Crippen MR) is 126 cm³/mol. The fourth-order valence-corrected chi connectivity index (χ4v) is 5.12. The van der Waals surface area contributed by atoms with Gasteiger partial charge >= 0.3 is 0 Å². The summed E-state index contributed by atoms with van der Waals surface area (Å²) < 4.78 is 32.7. The first kappa shape index (κ1) is 21.9. The molecule has 7 heteroatoms. The minimum Gasteiger partial charge on any atom is -0.484 e. The molecular weight excluding hydrogens is 424 g/mol. The molecule has 0 spiro atoms. The van der Waals surface area contributed by atoms with Crippen LogP contribution in [0.5, 0.6) is 5.75 Å². The Morgan fingerprint density at radius 1 is 1.03 bits per heavy atom. The molecule has 32 heavy (non-hydrogen) atoms. The number of ether oxygens (including phenoxy) is 1. The second kappa shape index (κ2) is 8.67. The summed E-state index contributed by atoms with van der Waals surface area (Å²) >= 11 is 0. The van der Waals surface area contributed by atoms with Crippen molar-refractivity contribution in [3.8, 4) is 5.75 Å². The Morgan fingerprint density at radius 3 is 2.38 bits per heavy atom. The molecule has 1 aliphatic heterocycles. The van der Waals surface area contributed by atoms with Gasteiger partial charge in [-0.3, -0.25) is 9.10 Å². The smallest absolute Gasteiger partial charge is 0.265 e. The Bertz CT molecular complexity index is 1220. The molecule has 0 bridgehead atoms. The maximum atomic E-state index is 12.9. The van der Waals surface area contributed by atoms with E-state index in [2.05, 4.69) is 0 Å². The van der Waals surface area contributed by atoms with E-state index in [1.165, 1.54) is 11.4 Å². The van der Waals surface area contributed by atoms with Crippen LogP contribution >= 0.6 is 0 Å². The molecule has 4 rings (SSSR count). The van der Waals surface area contributed by atoms with E-state index in [-0.39, 0.29) is 23.5 Å². The number of aryl methyl sites for hydroxylation is 1. The molecule has 1 heterocycles. The number of carbonyl (C=O) groups is 1. The number of carbonyl (C=O) groups excluding carboxylic acids is 1. The molecule has 6 nitrogen and oxygen atoms in total. The summed E-state index contributed by atoms with van der Waals surface area (Å²) in [6, 6.07) is 21.4. The van der Waals surface area contributed by atoms with Gasteiger partial charge in [-0.15, -0.1) is 0 Å². The fourth-order valence-electron chi connectivity index (χ4n) is 3.92. The van der Waals surface area contributed by atoms with Crippen molar-refractivity contribution in [2.24, 2.45) is 0 Å². The van der Waals surface area contributed by atoms with Crippen LogP contribution in [0.1, 0.15) is 18.1 Å². The molecular formula is C25H26N2O4S. The van der Waals surface area contributed by atoms with E-state index in [1.807, 2.05) is 38.1 Å². The number of sulfonamides is 1. The number of anilines is 2. The second-order valence-corrected chi connectivity index (χ2v) is 9.98. The molecule has 166 valence electrons. The van der Waals surface area contributed by atoms with E-state index in [1.54, 1.807) is 53.4 Å². The Hall–Kier alpha value is -3.32. The molecule has 0 saturated carbocycles. The summed E-state index contributed by atoms with van der Waals surface area (Å²) in [4.78, 5) is 14.8.